The third-order valence-corrected chi connectivity index (χ3v) is 5.94. The molecule has 0 amide bonds. The molecule has 0 radical (unpaired) electrons. The summed E-state index contributed by atoms with van der Waals surface area (Å²) in [5, 5.41) is 11.5. The Morgan fingerprint density at radius 2 is 2.07 bits per heavy atom. The lowest BCUT2D eigenvalue weighted by molar-refractivity contribution is 0.0467. The highest BCUT2D eigenvalue weighted by Gasteiger charge is 2.48. The number of fused-ring (bicyclic) bond motifs is 1. The summed E-state index contributed by atoms with van der Waals surface area (Å²) >= 11 is 0. The third kappa shape index (κ3) is 3.75. The predicted octanol–water partition coefficient (Wildman–Crippen LogP) is 4.78. The van der Waals surface area contributed by atoms with E-state index in [0.29, 0.717) is 17.4 Å². The standard InChI is InChI=1S/C22H24N6.C2H6/c1-3-7-24-19-5-4-16(9-15(19)2)18-6-8-28-20(18)12-25-21(27-28)26-17-10-22(11-17)13-23-14-22;1-2/h3-9,12,17,23H,1,10-11,13-14H2,2H3,(H,26,27);1-2H3. The van der Waals surface area contributed by atoms with E-state index in [0.717, 1.165) is 41.0 Å². The number of allylic oxidation sites excluding steroid dienone is 1. The lowest BCUT2D eigenvalue weighted by Gasteiger charge is -2.54. The van der Waals surface area contributed by atoms with Gasteiger partial charge < -0.3 is 10.6 Å². The topological polar surface area (TPSA) is 66.6 Å². The molecule has 1 aliphatic heterocycles. The number of aliphatic imine (C=N–C) groups is 1. The molecule has 2 aliphatic rings. The van der Waals surface area contributed by atoms with Crippen LogP contribution in [0.4, 0.5) is 11.6 Å². The van der Waals surface area contributed by atoms with Gasteiger partial charge in [-0.15, -0.1) is 5.10 Å². The molecule has 6 heteroatoms. The van der Waals surface area contributed by atoms with Crippen LogP contribution in [0.1, 0.15) is 32.3 Å². The summed E-state index contributed by atoms with van der Waals surface area (Å²) in [6.45, 7) is 12.1. The van der Waals surface area contributed by atoms with Crippen LogP contribution in [-0.4, -0.2) is 39.9 Å². The summed E-state index contributed by atoms with van der Waals surface area (Å²) < 4.78 is 1.91. The molecule has 3 heterocycles. The number of nitrogens with zero attached hydrogens (tertiary/aromatic N) is 4. The van der Waals surface area contributed by atoms with E-state index in [4.69, 9.17) is 0 Å². The number of aryl methyl sites for hydroxylation is 1. The van der Waals surface area contributed by atoms with Crippen LogP contribution in [0.5, 0.6) is 0 Å². The van der Waals surface area contributed by atoms with Gasteiger partial charge in [-0.1, -0.05) is 32.6 Å². The molecule has 1 saturated carbocycles. The van der Waals surface area contributed by atoms with E-state index in [2.05, 4.69) is 57.4 Å². The van der Waals surface area contributed by atoms with Crippen LogP contribution in [0.25, 0.3) is 16.6 Å². The zero-order valence-corrected chi connectivity index (χ0v) is 18.0. The first-order valence-electron chi connectivity index (χ1n) is 10.7. The number of benzene rings is 1. The van der Waals surface area contributed by atoms with Crippen LogP contribution >= 0.6 is 0 Å². The average molecular weight is 403 g/mol. The number of anilines is 1. The molecule has 2 N–H and O–H groups in total. The smallest absolute Gasteiger partial charge is 0.241 e. The first-order chi connectivity index (χ1) is 14.7. The first kappa shape index (κ1) is 20.3. The Kier molecular flexibility index (Phi) is 5.68. The Morgan fingerprint density at radius 3 is 2.73 bits per heavy atom. The van der Waals surface area contributed by atoms with Gasteiger partial charge in [-0.2, -0.15) is 0 Å². The number of nitrogens with one attached hydrogen (secondary N) is 2. The minimum atomic E-state index is 0.487. The molecule has 1 saturated heterocycles. The molecule has 0 atom stereocenters. The second-order valence-electron chi connectivity index (χ2n) is 8.01. The van der Waals surface area contributed by atoms with Crippen LogP contribution in [0.3, 0.4) is 0 Å². The second kappa shape index (κ2) is 8.40. The maximum Gasteiger partial charge on any atom is 0.241 e. The van der Waals surface area contributed by atoms with Crippen molar-refractivity contribution < 1.29 is 0 Å². The Bertz CT molecular complexity index is 1070. The van der Waals surface area contributed by atoms with Crippen molar-refractivity contribution in [2.45, 2.75) is 39.7 Å². The normalized spacial score (nSPS) is 17.3. The fraction of sp³-hybridized carbons (Fsp3) is 0.375. The quantitative estimate of drug-likeness (QED) is 0.603. The average Bonchev–Trinajstić information content (AvgIpc) is 3.13. The van der Waals surface area contributed by atoms with Gasteiger partial charge in [-0.05, 0) is 54.5 Å². The Balaban J connectivity index is 0.00000106. The second-order valence-corrected chi connectivity index (χ2v) is 8.01. The lowest BCUT2D eigenvalue weighted by Crippen LogP contribution is -2.63. The Morgan fingerprint density at radius 1 is 1.27 bits per heavy atom. The van der Waals surface area contributed by atoms with E-state index in [1.807, 2.05) is 36.8 Å². The zero-order chi connectivity index (χ0) is 21.1. The number of hydrogen-bond donors (Lipinski definition) is 2. The fourth-order valence-corrected chi connectivity index (χ4v) is 4.35. The summed E-state index contributed by atoms with van der Waals surface area (Å²) in [6.07, 6.45) is 9.71. The molecule has 5 rings (SSSR count). The van der Waals surface area contributed by atoms with Gasteiger partial charge in [0, 0.05) is 37.1 Å². The predicted molar refractivity (Wildman–Crippen MR) is 125 cm³/mol. The van der Waals surface area contributed by atoms with E-state index < -0.39 is 0 Å². The number of hydrogen-bond acceptors (Lipinski definition) is 5. The van der Waals surface area contributed by atoms with Crippen LogP contribution in [0.15, 0.2) is 54.3 Å². The summed E-state index contributed by atoms with van der Waals surface area (Å²) in [7, 11) is 0. The fourth-order valence-electron chi connectivity index (χ4n) is 4.35. The van der Waals surface area contributed by atoms with Crippen molar-refractivity contribution in [3.63, 3.8) is 0 Å². The Labute approximate surface area is 178 Å². The van der Waals surface area contributed by atoms with Gasteiger partial charge in [-0.3, -0.25) is 4.99 Å². The lowest BCUT2D eigenvalue weighted by atomic mass is 9.62. The summed E-state index contributed by atoms with van der Waals surface area (Å²) in [6, 6.07) is 8.85. The van der Waals surface area contributed by atoms with Gasteiger partial charge in [-0.25, -0.2) is 9.50 Å². The van der Waals surface area contributed by atoms with E-state index in [9.17, 15) is 0 Å². The number of rotatable bonds is 5. The van der Waals surface area contributed by atoms with Crippen molar-refractivity contribution in [2.24, 2.45) is 10.4 Å². The molecule has 1 aromatic carbocycles. The van der Waals surface area contributed by atoms with Gasteiger partial charge in [0.2, 0.25) is 5.95 Å². The highest BCUT2D eigenvalue weighted by atomic mass is 15.3. The maximum atomic E-state index is 4.66. The van der Waals surface area contributed by atoms with Gasteiger partial charge >= 0.3 is 0 Å². The van der Waals surface area contributed by atoms with Crippen molar-refractivity contribution >= 4 is 23.4 Å². The summed E-state index contributed by atoms with van der Waals surface area (Å²) in [5.41, 5.74) is 5.88. The first-order valence-corrected chi connectivity index (χ1v) is 10.7. The highest BCUT2D eigenvalue weighted by molar-refractivity contribution is 5.82. The molecule has 1 aliphatic carbocycles. The van der Waals surface area contributed by atoms with Crippen molar-refractivity contribution in [1.82, 2.24) is 19.9 Å². The number of aromatic nitrogens is 3. The van der Waals surface area contributed by atoms with Gasteiger partial charge in [0.25, 0.3) is 0 Å². The minimum Gasteiger partial charge on any atom is -0.350 e. The van der Waals surface area contributed by atoms with E-state index >= 15 is 0 Å². The van der Waals surface area contributed by atoms with Crippen LogP contribution in [0, 0.1) is 12.3 Å². The molecule has 6 nitrogen and oxygen atoms in total. The van der Waals surface area contributed by atoms with Crippen LogP contribution in [0.2, 0.25) is 0 Å². The van der Waals surface area contributed by atoms with Crippen LogP contribution < -0.4 is 10.6 Å². The van der Waals surface area contributed by atoms with E-state index in [1.165, 1.54) is 12.8 Å². The van der Waals surface area contributed by atoms with Gasteiger partial charge in [0.05, 0.1) is 17.4 Å². The summed E-state index contributed by atoms with van der Waals surface area (Å²) in [5.74, 6) is 0.701. The molecular weight excluding hydrogens is 372 g/mol. The molecule has 3 aromatic rings. The van der Waals surface area contributed by atoms with Crippen LogP contribution in [-0.2, 0) is 0 Å². The SMILES string of the molecule is C=CC=Nc1ccc(-c2ccn3nc(NC4CC5(CNC5)C4)ncc23)cc1C.CC. The molecule has 1 spiro atoms. The monoisotopic (exact) mass is 402 g/mol. The molecule has 156 valence electrons. The van der Waals surface area contributed by atoms with Crippen molar-refractivity contribution in [1.29, 1.82) is 0 Å². The van der Waals surface area contributed by atoms with Gasteiger partial charge in [0.1, 0.15) is 0 Å². The van der Waals surface area contributed by atoms with Crippen molar-refractivity contribution in [2.75, 3.05) is 18.4 Å². The van der Waals surface area contributed by atoms with Crippen molar-refractivity contribution in [3.8, 4) is 11.1 Å². The third-order valence-electron chi connectivity index (χ3n) is 5.94. The van der Waals surface area contributed by atoms with Crippen molar-refractivity contribution in [3.05, 3.63) is 54.9 Å². The molecular formula is C24H30N6. The zero-order valence-electron chi connectivity index (χ0n) is 18.0. The van der Waals surface area contributed by atoms with E-state index in [1.54, 1.807) is 12.3 Å². The molecule has 2 fully saturated rings. The maximum absolute atomic E-state index is 4.66. The molecule has 2 aromatic heterocycles. The highest BCUT2D eigenvalue weighted by Crippen LogP contribution is 2.45. The minimum absolute atomic E-state index is 0.487. The van der Waals surface area contributed by atoms with E-state index in [-0.39, 0.29) is 0 Å². The Hall–Kier alpha value is -2.99. The van der Waals surface area contributed by atoms with Gasteiger partial charge in [0.15, 0.2) is 0 Å². The largest absolute Gasteiger partial charge is 0.350 e. The molecule has 0 bridgehead atoms. The summed E-state index contributed by atoms with van der Waals surface area (Å²) in [4.78, 5) is 8.96. The molecule has 0 unspecified atom stereocenters. The molecule has 30 heavy (non-hydrogen) atoms.